The third kappa shape index (κ3) is 3.15. The Morgan fingerprint density at radius 1 is 1.45 bits per heavy atom. The van der Waals surface area contributed by atoms with E-state index >= 15 is 0 Å². The van der Waals surface area contributed by atoms with Crippen LogP contribution in [0.4, 0.5) is 5.69 Å². The highest BCUT2D eigenvalue weighted by atomic mass is 16.5. The minimum atomic E-state index is -0.491. The van der Waals surface area contributed by atoms with Crippen LogP contribution in [0.15, 0.2) is 36.0 Å². The maximum atomic E-state index is 12.2. The van der Waals surface area contributed by atoms with Gasteiger partial charge in [-0.25, -0.2) is 0 Å². The minimum absolute atomic E-state index is 0.00186. The van der Waals surface area contributed by atoms with E-state index in [4.69, 9.17) is 4.74 Å². The summed E-state index contributed by atoms with van der Waals surface area (Å²) < 4.78 is 6.85. The number of carbonyl (C=O) groups is 1. The second-order valence-corrected chi connectivity index (χ2v) is 4.63. The zero-order valence-corrected chi connectivity index (χ0v) is 12.6. The predicted molar refractivity (Wildman–Crippen MR) is 83.2 cm³/mol. The van der Waals surface area contributed by atoms with Gasteiger partial charge in [0.1, 0.15) is 17.4 Å². The number of nitrogens with zero attached hydrogens (tertiary/aromatic N) is 3. The fourth-order valence-electron chi connectivity index (χ4n) is 1.90. The average Bonchev–Trinajstić information content (AvgIpc) is 2.84. The summed E-state index contributed by atoms with van der Waals surface area (Å²) in [5.74, 6) is 0.0425. The number of methoxy groups -OCH3 is 1. The molecule has 1 N–H and O–H groups in total. The van der Waals surface area contributed by atoms with Gasteiger partial charge >= 0.3 is 0 Å². The van der Waals surface area contributed by atoms with Crippen LogP contribution in [0.2, 0.25) is 0 Å². The number of carbonyl (C=O) groups excluding carboxylic acids is 1. The Kier molecular flexibility index (Phi) is 4.59. The molecule has 0 saturated heterocycles. The van der Waals surface area contributed by atoms with E-state index in [2.05, 4.69) is 10.4 Å². The van der Waals surface area contributed by atoms with E-state index in [0.717, 1.165) is 11.3 Å². The lowest BCUT2D eigenvalue weighted by atomic mass is 10.1. The zero-order valence-electron chi connectivity index (χ0n) is 12.6. The number of hydrogen-bond acceptors (Lipinski definition) is 4. The van der Waals surface area contributed by atoms with Crippen LogP contribution in [0.5, 0.6) is 5.75 Å². The van der Waals surface area contributed by atoms with Crippen LogP contribution in [0, 0.1) is 18.3 Å². The summed E-state index contributed by atoms with van der Waals surface area (Å²) >= 11 is 0. The molecule has 0 aliphatic carbocycles. The number of hydrogen-bond donors (Lipinski definition) is 1. The van der Waals surface area contributed by atoms with Gasteiger partial charge in [-0.1, -0.05) is 12.1 Å². The summed E-state index contributed by atoms with van der Waals surface area (Å²) in [6, 6.07) is 8.93. The maximum Gasteiger partial charge on any atom is 0.266 e. The largest absolute Gasteiger partial charge is 0.495 e. The number of aromatic nitrogens is 2. The molecule has 0 aliphatic rings. The second kappa shape index (κ2) is 6.59. The van der Waals surface area contributed by atoms with Crippen molar-refractivity contribution in [1.82, 2.24) is 9.78 Å². The fraction of sp³-hybridized carbons (Fsp3) is 0.188. The summed E-state index contributed by atoms with van der Waals surface area (Å²) in [7, 11) is 3.32. The lowest BCUT2D eigenvalue weighted by Gasteiger charge is -2.09. The van der Waals surface area contributed by atoms with E-state index in [1.807, 2.05) is 13.0 Å². The first-order valence-electron chi connectivity index (χ1n) is 6.61. The molecule has 2 aromatic rings. The van der Waals surface area contributed by atoms with Crippen molar-refractivity contribution in [1.29, 1.82) is 5.26 Å². The Hall–Kier alpha value is -3.07. The first-order valence-corrected chi connectivity index (χ1v) is 6.61. The van der Waals surface area contributed by atoms with Crippen LogP contribution in [0.3, 0.4) is 0 Å². The fourth-order valence-corrected chi connectivity index (χ4v) is 1.90. The number of para-hydroxylation sites is 2. The number of amides is 1. The Morgan fingerprint density at radius 2 is 2.18 bits per heavy atom. The molecule has 0 saturated carbocycles. The number of ether oxygens (including phenoxy) is 1. The SMILES string of the molecule is COc1ccccc1NC(=O)C(C#N)=Cc1cnn(C)c1C. The highest BCUT2D eigenvalue weighted by molar-refractivity contribution is 6.10. The van der Waals surface area contributed by atoms with E-state index < -0.39 is 5.91 Å². The van der Waals surface area contributed by atoms with E-state index in [0.29, 0.717) is 11.4 Å². The van der Waals surface area contributed by atoms with Crippen molar-refractivity contribution >= 4 is 17.7 Å². The Morgan fingerprint density at radius 3 is 2.77 bits per heavy atom. The third-order valence-corrected chi connectivity index (χ3v) is 3.29. The van der Waals surface area contributed by atoms with Crippen molar-refractivity contribution in [2.75, 3.05) is 12.4 Å². The van der Waals surface area contributed by atoms with E-state index in [9.17, 15) is 10.1 Å². The smallest absolute Gasteiger partial charge is 0.266 e. The van der Waals surface area contributed by atoms with Crippen molar-refractivity contribution in [2.45, 2.75) is 6.92 Å². The predicted octanol–water partition coefficient (Wildman–Crippen LogP) is 2.28. The number of nitrogens with one attached hydrogen (secondary N) is 1. The monoisotopic (exact) mass is 296 g/mol. The molecule has 1 heterocycles. The number of aryl methyl sites for hydroxylation is 1. The van der Waals surface area contributed by atoms with Crippen LogP contribution in [0.1, 0.15) is 11.3 Å². The molecular weight excluding hydrogens is 280 g/mol. The summed E-state index contributed by atoms with van der Waals surface area (Å²) in [4.78, 5) is 12.2. The van der Waals surface area contributed by atoms with E-state index in [1.165, 1.54) is 13.2 Å². The summed E-state index contributed by atoms with van der Waals surface area (Å²) in [5, 5.41) is 16.0. The van der Waals surface area contributed by atoms with Gasteiger partial charge in [-0.2, -0.15) is 10.4 Å². The van der Waals surface area contributed by atoms with Crippen LogP contribution >= 0.6 is 0 Å². The van der Waals surface area contributed by atoms with Gasteiger partial charge in [0.2, 0.25) is 0 Å². The van der Waals surface area contributed by atoms with Gasteiger partial charge in [0.25, 0.3) is 5.91 Å². The van der Waals surface area contributed by atoms with Gasteiger partial charge in [0.15, 0.2) is 0 Å². The van der Waals surface area contributed by atoms with Crippen molar-refractivity contribution < 1.29 is 9.53 Å². The Labute approximate surface area is 128 Å². The molecule has 0 bridgehead atoms. The first-order chi connectivity index (χ1) is 10.6. The molecule has 1 aromatic carbocycles. The number of nitriles is 1. The summed E-state index contributed by atoms with van der Waals surface area (Å²) in [6.45, 7) is 1.87. The Balaban J connectivity index is 2.27. The molecule has 0 aliphatic heterocycles. The lowest BCUT2D eigenvalue weighted by Crippen LogP contribution is -2.14. The molecule has 0 radical (unpaired) electrons. The molecule has 1 amide bonds. The molecule has 112 valence electrons. The molecule has 0 unspecified atom stereocenters. The van der Waals surface area contributed by atoms with Gasteiger partial charge in [-0.3, -0.25) is 9.48 Å². The number of benzene rings is 1. The van der Waals surface area contributed by atoms with Gasteiger partial charge in [0, 0.05) is 18.3 Å². The van der Waals surface area contributed by atoms with Crippen LogP contribution in [0.25, 0.3) is 6.08 Å². The molecular formula is C16H16N4O2. The molecule has 0 fully saturated rings. The highest BCUT2D eigenvalue weighted by Gasteiger charge is 2.13. The number of rotatable bonds is 4. The minimum Gasteiger partial charge on any atom is -0.495 e. The van der Waals surface area contributed by atoms with E-state index in [1.54, 1.807) is 42.2 Å². The van der Waals surface area contributed by atoms with Crippen LogP contribution in [-0.4, -0.2) is 22.8 Å². The Bertz CT molecular complexity index is 769. The maximum absolute atomic E-state index is 12.2. The molecule has 2 rings (SSSR count). The lowest BCUT2D eigenvalue weighted by molar-refractivity contribution is -0.112. The van der Waals surface area contributed by atoms with Crippen LogP contribution < -0.4 is 10.1 Å². The van der Waals surface area contributed by atoms with Crippen molar-refractivity contribution in [3.63, 3.8) is 0 Å². The molecule has 6 nitrogen and oxygen atoms in total. The standard InChI is InChI=1S/C16H16N4O2/c1-11-13(10-18-20(11)2)8-12(9-17)16(21)19-14-6-4-5-7-15(14)22-3/h4-8,10H,1-3H3,(H,19,21). The molecule has 1 aromatic heterocycles. The van der Waals surface area contributed by atoms with Gasteiger partial charge in [-0.05, 0) is 25.1 Å². The topological polar surface area (TPSA) is 79.9 Å². The van der Waals surface area contributed by atoms with Gasteiger partial charge in [-0.15, -0.1) is 0 Å². The van der Waals surface area contributed by atoms with Crippen molar-refractivity contribution in [3.8, 4) is 11.8 Å². The second-order valence-electron chi connectivity index (χ2n) is 4.63. The summed E-state index contributed by atoms with van der Waals surface area (Å²) in [5.41, 5.74) is 2.12. The normalized spacial score (nSPS) is 10.9. The third-order valence-electron chi connectivity index (χ3n) is 3.29. The van der Waals surface area contributed by atoms with Crippen molar-refractivity contribution in [3.05, 3.63) is 47.3 Å². The van der Waals surface area contributed by atoms with E-state index in [-0.39, 0.29) is 5.57 Å². The average molecular weight is 296 g/mol. The van der Waals surface area contributed by atoms with Gasteiger partial charge in [0.05, 0.1) is 19.0 Å². The molecule has 6 heteroatoms. The number of anilines is 1. The highest BCUT2D eigenvalue weighted by Crippen LogP contribution is 2.23. The molecule has 0 spiro atoms. The van der Waals surface area contributed by atoms with Gasteiger partial charge < -0.3 is 10.1 Å². The summed E-state index contributed by atoms with van der Waals surface area (Å²) in [6.07, 6.45) is 3.14. The quantitative estimate of drug-likeness (QED) is 0.693. The first kappa shape index (κ1) is 15.3. The molecule has 0 atom stereocenters. The zero-order chi connectivity index (χ0) is 16.1. The van der Waals surface area contributed by atoms with Crippen LogP contribution in [-0.2, 0) is 11.8 Å². The van der Waals surface area contributed by atoms with Crippen molar-refractivity contribution in [2.24, 2.45) is 7.05 Å². The molecule has 22 heavy (non-hydrogen) atoms.